The van der Waals surface area contributed by atoms with E-state index in [1.54, 1.807) is 0 Å². The highest BCUT2D eigenvalue weighted by Crippen LogP contribution is 2.45. The largest absolute Gasteiger partial charge is 0.390 e. The second-order valence-corrected chi connectivity index (χ2v) is 6.29. The van der Waals surface area contributed by atoms with Crippen molar-refractivity contribution in [2.24, 2.45) is 17.3 Å². The van der Waals surface area contributed by atoms with Crippen molar-refractivity contribution in [2.45, 2.75) is 52.1 Å². The Balaban J connectivity index is 2.02. The molecule has 2 saturated heterocycles. The molecule has 100 valence electrons. The number of rotatable bonds is 3. The number of hydrogen-bond donors (Lipinski definition) is 2. The molecule has 2 aliphatic heterocycles. The Morgan fingerprint density at radius 1 is 1.18 bits per heavy atom. The number of hydrogen-bond acceptors (Lipinski definition) is 4. The van der Waals surface area contributed by atoms with Gasteiger partial charge < -0.3 is 19.7 Å². The second-order valence-electron chi connectivity index (χ2n) is 6.29. The summed E-state index contributed by atoms with van der Waals surface area (Å²) in [4.78, 5) is 0. The van der Waals surface area contributed by atoms with Gasteiger partial charge in [0.1, 0.15) is 6.10 Å². The van der Waals surface area contributed by atoms with Crippen molar-refractivity contribution >= 4 is 0 Å². The smallest absolute Gasteiger partial charge is 0.107 e. The van der Waals surface area contributed by atoms with E-state index >= 15 is 0 Å². The van der Waals surface area contributed by atoms with Crippen LogP contribution >= 0.6 is 0 Å². The highest BCUT2D eigenvalue weighted by atomic mass is 16.6. The van der Waals surface area contributed by atoms with E-state index in [1.165, 1.54) is 0 Å². The van der Waals surface area contributed by atoms with Gasteiger partial charge >= 0.3 is 0 Å². The lowest BCUT2D eigenvalue weighted by Crippen LogP contribution is -2.64. The fourth-order valence-electron chi connectivity index (χ4n) is 3.04. The Labute approximate surface area is 103 Å². The Morgan fingerprint density at radius 3 is 2.24 bits per heavy atom. The molecule has 2 rings (SSSR count). The Hall–Kier alpha value is -0.160. The Kier molecular flexibility index (Phi) is 3.51. The average molecular weight is 244 g/mol. The monoisotopic (exact) mass is 244 g/mol. The molecule has 0 saturated carbocycles. The summed E-state index contributed by atoms with van der Waals surface area (Å²) < 4.78 is 11.1. The third-order valence-corrected chi connectivity index (χ3v) is 4.35. The van der Waals surface area contributed by atoms with Gasteiger partial charge in [-0.15, -0.1) is 0 Å². The lowest BCUT2D eigenvalue weighted by atomic mass is 9.67. The van der Waals surface area contributed by atoms with Crippen molar-refractivity contribution in [3.05, 3.63) is 0 Å². The molecule has 4 heteroatoms. The summed E-state index contributed by atoms with van der Waals surface area (Å²) in [6.07, 6.45) is -1.15. The van der Waals surface area contributed by atoms with Crippen LogP contribution < -0.4 is 0 Å². The minimum Gasteiger partial charge on any atom is -0.390 e. The average Bonchev–Trinajstić information content (AvgIpc) is 2.61. The van der Waals surface area contributed by atoms with Crippen molar-refractivity contribution < 1.29 is 19.7 Å². The SMILES string of the molecule is CC(C)C1OC(C(C)(C)C2COCC2O)C1O. The molecule has 0 bridgehead atoms. The molecule has 2 aliphatic rings. The van der Waals surface area contributed by atoms with Crippen LogP contribution in [0, 0.1) is 17.3 Å². The normalized spacial score (nSPS) is 42.9. The highest BCUT2D eigenvalue weighted by molar-refractivity contribution is 5.02. The van der Waals surface area contributed by atoms with Crippen LogP contribution in [-0.2, 0) is 9.47 Å². The first-order valence-corrected chi connectivity index (χ1v) is 6.45. The standard InChI is InChI=1S/C13H24O4/c1-7(2)11-10(15)12(17-11)13(3,4)8-5-16-6-9(8)14/h7-12,14-15H,5-6H2,1-4H3. The molecule has 0 aromatic heterocycles. The maximum absolute atomic E-state index is 10.2. The predicted molar refractivity (Wildman–Crippen MR) is 63.6 cm³/mol. The van der Waals surface area contributed by atoms with Crippen LogP contribution in [0.3, 0.4) is 0 Å². The van der Waals surface area contributed by atoms with E-state index in [0.717, 1.165) is 0 Å². The molecular weight excluding hydrogens is 220 g/mol. The van der Waals surface area contributed by atoms with Gasteiger partial charge in [0.2, 0.25) is 0 Å². The molecule has 0 aliphatic carbocycles. The first-order valence-electron chi connectivity index (χ1n) is 6.45. The second kappa shape index (κ2) is 4.50. The van der Waals surface area contributed by atoms with Gasteiger partial charge in [-0.05, 0) is 5.92 Å². The summed E-state index contributed by atoms with van der Waals surface area (Å²) in [5.41, 5.74) is -0.263. The fraction of sp³-hybridized carbons (Fsp3) is 1.00. The Morgan fingerprint density at radius 2 is 1.82 bits per heavy atom. The van der Waals surface area contributed by atoms with Crippen molar-refractivity contribution in [1.29, 1.82) is 0 Å². The van der Waals surface area contributed by atoms with E-state index in [4.69, 9.17) is 9.47 Å². The van der Waals surface area contributed by atoms with Crippen molar-refractivity contribution in [1.82, 2.24) is 0 Å². The van der Waals surface area contributed by atoms with Crippen LogP contribution in [-0.4, -0.2) is 47.8 Å². The van der Waals surface area contributed by atoms with Crippen LogP contribution in [0.1, 0.15) is 27.7 Å². The van der Waals surface area contributed by atoms with Gasteiger partial charge in [-0.1, -0.05) is 27.7 Å². The quantitative estimate of drug-likeness (QED) is 0.771. The van der Waals surface area contributed by atoms with Gasteiger partial charge in [-0.2, -0.15) is 0 Å². The van der Waals surface area contributed by atoms with Crippen LogP contribution in [0.2, 0.25) is 0 Å². The molecule has 4 nitrogen and oxygen atoms in total. The zero-order chi connectivity index (χ0) is 12.8. The minimum absolute atomic E-state index is 0.0373. The molecule has 0 amide bonds. The van der Waals surface area contributed by atoms with E-state index in [-0.39, 0.29) is 23.5 Å². The number of ether oxygens (including phenoxy) is 2. The zero-order valence-corrected chi connectivity index (χ0v) is 11.1. The van der Waals surface area contributed by atoms with Crippen molar-refractivity contribution in [2.75, 3.05) is 13.2 Å². The first-order chi connectivity index (χ1) is 7.85. The fourth-order valence-corrected chi connectivity index (χ4v) is 3.04. The number of aliphatic hydroxyl groups excluding tert-OH is 2. The predicted octanol–water partition coefficient (Wildman–Crippen LogP) is 0.804. The first kappa shape index (κ1) is 13.3. The van der Waals surface area contributed by atoms with Crippen molar-refractivity contribution in [3.8, 4) is 0 Å². The van der Waals surface area contributed by atoms with Gasteiger partial charge in [0.15, 0.2) is 0 Å². The lowest BCUT2D eigenvalue weighted by Gasteiger charge is -2.53. The van der Waals surface area contributed by atoms with Crippen LogP contribution in [0.4, 0.5) is 0 Å². The summed E-state index contributed by atoms with van der Waals surface area (Å²) in [7, 11) is 0. The topological polar surface area (TPSA) is 58.9 Å². The zero-order valence-electron chi connectivity index (χ0n) is 11.1. The molecular formula is C13H24O4. The van der Waals surface area contributed by atoms with Crippen LogP contribution in [0.5, 0.6) is 0 Å². The molecule has 0 aromatic carbocycles. The van der Waals surface area contributed by atoms with Gasteiger partial charge in [-0.25, -0.2) is 0 Å². The Bertz CT molecular complexity index is 277. The van der Waals surface area contributed by atoms with Gasteiger partial charge in [0.25, 0.3) is 0 Å². The highest BCUT2D eigenvalue weighted by Gasteiger charge is 2.55. The van der Waals surface area contributed by atoms with E-state index in [2.05, 4.69) is 0 Å². The molecule has 2 heterocycles. The summed E-state index contributed by atoms with van der Waals surface area (Å²) in [5, 5.41) is 20.1. The molecule has 2 N–H and O–H groups in total. The molecule has 0 aromatic rings. The molecule has 5 atom stereocenters. The molecule has 2 fully saturated rings. The van der Waals surface area contributed by atoms with Gasteiger partial charge in [-0.3, -0.25) is 0 Å². The van der Waals surface area contributed by atoms with Gasteiger partial charge in [0.05, 0.1) is 31.5 Å². The van der Waals surface area contributed by atoms with E-state index in [1.807, 2.05) is 27.7 Å². The van der Waals surface area contributed by atoms with Crippen molar-refractivity contribution in [3.63, 3.8) is 0 Å². The van der Waals surface area contributed by atoms with Crippen LogP contribution in [0.25, 0.3) is 0 Å². The summed E-state index contributed by atoms with van der Waals surface area (Å²) in [6, 6.07) is 0. The van der Waals surface area contributed by atoms with Gasteiger partial charge in [0, 0.05) is 11.3 Å². The van der Waals surface area contributed by atoms with E-state index in [9.17, 15) is 10.2 Å². The molecule has 0 radical (unpaired) electrons. The molecule has 0 spiro atoms. The maximum atomic E-state index is 10.2. The minimum atomic E-state index is -0.445. The number of aliphatic hydroxyl groups is 2. The van der Waals surface area contributed by atoms with E-state index in [0.29, 0.717) is 19.1 Å². The third kappa shape index (κ3) is 2.12. The maximum Gasteiger partial charge on any atom is 0.107 e. The third-order valence-electron chi connectivity index (χ3n) is 4.35. The summed E-state index contributed by atoms with van der Waals surface area (Å²) in [6.45, 7) is 9.12. The van der Waals surface area contributed by atoms with Crippen LogP contribution in [0.15, 0.2) is 0 Å². The lowest BCUT2D eigenvalue weighted by molar-refractivity contribution is -0.281. The van der Waals surface area contributed by atoms with E-state index < -0.39 is 12.2 Å². The molecule has 5 unspecified atom stereocenters. The molecule has 17 heavy (non-hydrogen) atoms. The summed E-state index contributed by atoms with van der Waals surface area (Å²) >= 11 is 0. The summed E-state index contributed by atoms with van der Waals surface area (Å²) in [5.74, 6) is 0.358.